The number of halogens is 1. The first-order valence-electron chi connectivity index (χ1n) is 4.59. The van der Waals surface area contributed by atoms with Crippen molar-refractivity contribution in [1.29, 1.82) is 0 Å². The highest BCUT2D eigenvalue weighted by Gasteiger charge is 2.07. The van der Waals surface area contributed by atoms with Crippen molar-refractivity contribution in [3.8, 4) is 17.0 Å². The summed E-state index contributed by atoms with van der Waals surface area (Å²) in [6, 6.07) is 8.74. The third kappa shape index (κ3) is 1.95. The standard InChI is InChI=1S/C12H10ClNO/c1-8-7-9(15)4-5-10(8)12-11(13)3-2-6-14-12/h2-7,15H,1H3. The zero-order chi connectivity index (χ0) is 10.8. The number of benzene rings is 1. The van der Waals surface area contributed by atoms with Crippen LogP contribution in [0.4, 0.5) is 0 Å². The second-order valence-electron chi connectivity index (χ2n) is 3.33. The van der Waals surface area contributed by atoms with Crippen molar-refractivity contribution < 1.29 is 5.11 Å². The van der Waals surface area contributed by atoms with Gasteiger partial charge in [0.2, 0.25) is 0 Å². The van der Waals surface area contributed by atoms with Crippen LogP contribution in [0.15, 0.2) is 36.5 Å². The van der Waals surface area contributed by atoms with Gasteiger partial charge in [-0.3, -0.25) is 4.98 Å². The molecule has 1 N–H and O–H groups in total. The molecule has 15 heavy (non-hydrogen) atoms. The van der Waals surface area contributed by atoms with Crippen LogP contribution in [0.2, 0.25) is 5.02 Å². The van der Waals surface area contributed by atoms with Gasteiger partial charge in [0.05, 0.1) is 10.7 Å². The number of phenols is 1. The zero-order valence-corrected chi connectivity index (χ0v) is 8.99. The fourth-order valence-corrected chi connectivity index (χ4v) is 1.72. The van der Waals surface area contributed by atoms with E-state index in [1.54, 1.807) is 30.5 Å². The van der Waals surface area contributed by atoms with Crippen molar-refractivity contribution in [2.45, 2.75) is 6.92 Å². The molecular weight excluding hydrogens is 210 g/mol. The molecule has 0 bridgehead atoms. The molecule has 2 rings (SSSR count). The van der Waals surface area contributed by atoms with Gasteiger partial charge >= 0.3 is 0 Å². The summed E-state index contributed by atoms with van der Waals surface area (Å²) in [4.78, 5) is 4.23. The average Bonchev–Trinajstić information content (AvgIpc) is 2.20. The van der Waals surface area contributed by atoms with Crippen LogP contribution in [0.3, 0.4) is 0 Å². The van der Waals surface area contributed by atoms with Gasteiger partial charge in [-0.25, -0.2) is 0 Å². The number of hydrogen-bond donors (Lipinski definition) is 1. The number of nitrogens with zero attached hydrogens (tertiary/aromatic N) is 1. The summed E-state index contributed by atoms with van der Waals surface area (Å²) in [6.07, 6.45) is 1.70. The number of hydrogen-bond acceptors (Lipinski definition) is 2. The van der Waals surface area contributed by atoms with Gasteiger partial charge in [0.15, 0.2) is 0 Å². The van der Waals surface area contributed by atoms with E-state index >= 15 is 0 Å². The van der Waals surface area contributed by atoms with Crippen LogP contribution in [-0.4, -0.2) is 10.1 Å². The summed E-state index contributed by atoms with van der Waals surface area (Å²) in [5.41, 5.74) is 2.64. The molecule has 0 radical (unpaired) electrons. The van der Waals surface area contributed by atoms with E-state index in [0.717, 1.165) is 16.8 Å². The highest BCUT2D eigenvalue weighted by molar-refractivity contribution is 6.33. The van der Waals surface area contributed by atoms with Crippen molar-refractivity contribution in [2.24, 2.45) is 0 Å². The minimum absolute atomic E-state index is 0.253. The third-order valence-electron chi connectivity index (χ3n) is 2.22. The second-order valence-corrected chi connectivity index (χ2v) is 3.74. The van der Waals surface area contributed by atoms with Gasteiger partial charge in [-0.1, -0.05) is 11.6 Å². The number of aryl methyl sites for hydroxylation is 1. The second kappa shape index (κ2) is 3.91. The Kier molecular flexibility index (Phi) is 2.60. The van der Waals surface area contributed by atoms with Crippen molar-refractivity contribution in [2.75, 3.05) is 0 Å². The number of aromatic nitrogens is 1. The van der Waals surface area contributed by atoms with E-state index in [9.17, 15) is 5.11 Å². The topological polar surface area (TPSA) is 33.1 Å². The molecular formula is C12H10ClNO. The molecule has 0 spiro atoms. The van der Waals surface area contributed by atoms with Gasteiger partial charge in [0.25, 0.3) is 0 Å². The van der Waals surface area contributed by atoms with E-state index < -0.39 is 0 Å². The van der Waals surface area contributed by atoms with E-state index in [2.05, 4.69) is 4.98 Å². The Morgan fingerprint density at radius 2 is 2.07 bits per heavy atom. The first-order chi connectivity index (χ1) is 7.18. The normalized spacial score (nSPS) is 10.3. The van der Waals surface area contributed by atoms with Crippen molar-refractivity contribution in [1.82, 2.24) is 4.98 Å². The summed E-state index contributed by atoms with van der Waals surface area (Å²) in [5.74, 6) is 0.253. The Bertz CT molecular complexity index is 497. The molecule has 0 saturated carbocycles. The average molecular weight is 220 g/mol. The first-order valence-corrected chi connectivity index (χ1v) is 4.97. The minimum Gasteiger partial charge on any atom is -0.508 e. The molecule has 0 aliphatic rings. The molecule has 0 unspecified atom stereocenters. The van der Waals surface area contributed by atoms with E-state index in [-0.39, 0.29) is 5.75 Å². The SMILES string of the molecule is Cc1cc(O)ccc1-c1ncccc1Cl. The number of rotatable bonds is 1. The predicted octanol–water partition coefficient (Wildman–Crippen LogP) is 3.42. The maximum Gasteiger partial charge on any atom is 0.115 e. The fourth-order valence-electron chi connectivity index (χ4n) is 1.50. The quantitative estimate of drug-likeness (QED) is 0.797. The van der Waals surface area contributed by atoms with Crippen molar-refractivity contribution >= 4 is 11.6 Å². The third-order valence-corrected chi connectivity index (χ3v) is 2.53. The summed E-state index contributed by atoms with van der Waals surface area (Å²) < 4.78 is 0. The Labute approximate surface area is 93.2 Å². The van der Waals surface area contributed by atoms with Gasteiger partial charge in [0.1, 0.15) is 5.75 Å². The minimum atomic E-state index is 0.253. The van der Waals surface area contributed by atoms with E-state index in [1.807, 2.05) is 13.0 Å². The lowest BCUT2D eigenvalue weighted by molar-refractivity contribution is 0.475. The summed E-state index contributed by atoms with van der Waals surface area (Å²) in [5, 5.41) is 9.92. The maximum atomic E-state index is 9.30. The lowest BCUT2D eigenvalue weighted by atomic mass is 10.0. The summed E-state index contributed by atoms with van der Waals surface area (Å²) in [6.45, 7) is 1.92. The first kappa shape index (κ1) is 9.99. The molecule has 1 heterocycles. The Hall–Kier alpha value is -1.54. The molecule has 0 aliphatic heterocycles. The van der Waals surface area contributed by atoms with Gasteiger partial charge in [-0.2, -0.15) is 0 Å². The highest BCUT2D eigenvalue weighted by Crippen LogP contribution is 2.29. The molecule has 0 atom stereocenters. The molecule has 2 nitrogen and oxygen atoms in total. The summed E-state index contributed by atoms with van der Waals surface area (Å²) >= 11 is 6.05. The Morgan fingerprint density at radius 3 is 2.73 bits per heavy atom. The van der Waals surface area contributed by atoms with Gasteiger partial charge < -0.3 is 5.11 Å². The van der Waals surface area contributed by atoms with E-state index in [4.69, 9.17) is 11.6 Å². The lowest BCUT2D eigenvalue weighted by Crippen LogP contribution is -1.87. The smallest absolute Gasteiger partial charge is 0.115 e. The van der Waals surface area contributed by atoms with Crippen LogP contribution < -0.4 is 0 Å². The fraction of sp³-hybridized carbons (Fsp3) is 0.0833. The zero-order valence-electron chi connectivity index (χ0n) is 8.24. The predicted molar refractivity (Wildman–Crippen MR) is 61.1 cm³/mol. The van der Waals surface area contributed by atoms with Crippen molar-refractivity contribution in [3.05, 3.63) is 47.1 Å². The molecule has 2 aromatic rings. The van der Waals surface area contributed by atoms with Crippen LogP contribution in [-0.2, 0) is 0 Å². The lowest BCUT2D eigenvalue weighted by Gasteiger charge is -2.06. The van der Waals surface area contributed by atoms with Gasteiger partial charge in [0, 0.05) is 11.8 Å². The van der Waals surface area contributed by atoms with Crippen LogP contribution in [0.1, 0.15) is 5.56 Å². The van der Waals surface area contributed by atoms with Crippen LogP contribution >= 0.6 is 11.6 Å². The van der Waals surface area contributed by atoms with E-state index in [1.165, 1.54) is 0 Å². The van der Waals surface area contributed by atoms with Crippen LogP contribution in [0.5, 0.6) is 5.75 Å². The summed E-state index contributed by atoms with van der Waals surface area (Å²) in [7, 11) is 0. The van der Waals surface area contributed by atoms with Gasteiger partial charge in [-0.15, -0.1) is 0 Å². The highest BCUT2D eigenvalue weighted by atomic mass is 35.5. The van der Waals surface area contributed by atoms with Crippen LogP contribution in [0, 0.1) is 6.92 Å². The molecule has 3 heteroatoms. The van der Waals surface area contributed by atoms with Crippen LogP contribution in [0.25, 0.3) is 11.3 Å². The molecule has 0 fully saturated rings. The molecule has 0 amide bonds. The van der Waals surface area contributed by atoms with Crippen molar-refractivity contribution in [3.63, 3.8) is 0 Å². The molecule has 1 aromatic heterocycles. The Balaban J connectivity index is 2.60. The molecule has 1 aromatic carbocycles. The number of aromatic hydroxyl groups is 1. The van der Waals surface area contributed by atoms with Gasteiger partial charge in [-0.05, 0) is 42.8 Å². The number of phenolic OH excluding ortho intramolecular Hbond substituents is 1. The largest absolute Gasteiger partial charge is 0.508 e. The molecule has 0 saturated heterocycles. The van der Waals surface area contributed by atoms with E-state index in [0.29, 0.717) is 5.02 Å². The maximum absolute atomic E-state index is 9.30. The molecule has 0 aliphatic carbocycles. The molecule has 76 valence electrons. The Morgan fingerprint density at radius 1 is 1.27 bits per heavy atom. The number of pyridine rings is 1. The monoisotopic (exact) mass is 219 g/mol.